The number of amidine groups is 1. The SMILES string of the molecule is CCCNC(=O)c1ccc(C)c(N(C(=O)OCOC(=O)CO)C2=NC=NN3CC(C(=O)NCC)C(C)=C23)c1. The fourth-order valence-electron chi connectivity index (χ4n) is 4.00. The van der Waals surface area contributed by atoms with E-state index in [9.17, 15) is 19.2 Å². The summed E-state index contributed by atoms with van der Waals surface area (Å²) in [5.74, 6) is -1.88. The fourth-order valence-corrected chi connectivity index (χ4v) is 4.00. The van der Waals surface area contributed by atoms with E-state index in [0.29, 0.717) is 41.2 Å². The second-order valence-corrected chi connectivity index (χ2v) is 8.54. The molecule has 1 aromatic carbocycles. The van der Waals surface area contributed by atoms with Gasteiger partial charge in [0.05, 0.1) is 18.2 Å². The predicted octanol–water partition coefficient (Wildman–Crippen LogP) is 1.27. The van der Waals surface area contributed by atoms with Crippen molar-refractivity contribution in [1.82, 2.24) is 15.6 Å². The van der Waals surface area contributed by atoms with Crippen molar-refractivity contribution in [3.8, 4) is 0 Å². The van der Waals surface area contributed by atoms with Crippen LogP contribution in [0.15, 0.2) is 39.6 Å². The van der Waals surface area contributed by atoms with Gasteiger partial charge in [0.25, 0.3) is 5.91 Å². The zero-order valence-corrected chi connectivity index (χ0v) is 21.8. The van der Waals surface area contributed by atoms with Crippen LogP contribution in [-0.2, 0) is 19.1 Å². The molecule has 1 atom stereocenters. The van der Waals surface area contributed by atoms with E-state index >= 15 is 0 Å². The first-order chi connectivity index (χ1) is 18.2. The monoisotopic (exact) mass is 528 g/mol. The van der Waals surface area contributed by atoms with Crippen molar-refractivity contribution in [3.05, 3.63) is 40.6 Å². The van der Waals surface area contributed by atoms with E-state index in [1.807, 2.05) is 13.8 Å². The minimum Gasteiger partial charge on any atom is -0.426 e. The van der Waals surface area contributed by atoms with Gasteiger partial charge in [-0.05, 0) is 50.5 Å². The number of nitrogens with one attached hydrogen (secondary N) is 2. The van der Waals surface area contributed by atoms with Gasteiger partial charge in [-0.1, -0.05) is 13.0 Å². The number of rotatable bonds is 9. The summed E-state index contributed by atoms with van der Waals surface area (Å²) in [4.78, 5) is 55.6. The zero-order chi connectivity index (χ0) is 27.8. The van der Waals surface area contributed by atoms with Crippen molar-refractivity contribution in [2.75, 3.05) is 37.9 Å². The molecule has 0 saturated carbocycles. The Bertz CT molecular complexity index is 1190. The Morgan fingerprint density at radius 2 is 1.92 bits per heavy atom. The van der Waals surface area contributed by atoms with Gasteiger partial charge in [0.15, 0.2) is 5.84 Å². The normalized spacial score (nSPS) is 16.0. The maximum atomic E-state index is 13.4. The van der Waals surface area contributed by atoms with E-state index in [-0.39, 0.29) is 24.2 Å². The molecule has 1 aromatic rings. The Balaban J connectivity index is 2.07. The lowest BCUT2D eigenvalue weighted by atomic mass is 10.0. The van der Waals surface area contributed by atoms with Crippen LogP contribution in [0.4, 0.5) is 10.5 Å². The molecule has 2 aliphatic heterocycles. The van der Waals surface area contributed by atoms with Gasteiger partial charge in [0.1, 0.15) is 18.6 Å². The van der Waals surface area contributed by atoms with Gasteiger partial charge in [-0.2, -0.15) is 5.10 Å². The number of esters is 1. The summed E-state index contributed by atoms with van der Waals surface area (Å²) < 4.78 is 9.88. The molecule has 3 N–H and O–H groups in total. The van der Waals surface area contributed by atoms with Crippen LogP contribution in [0.1, 0.15) is 43.1 Å². The molecule has 13 nitrogen and oxygen atoms in total. The number of nitrogens with zero attached hydrogens (tertiary/aromatic N) is 4. The number of carbonyl (C=O) groups excluding carboxylic acids is 4. The number of hydrogen-bond acceptors (Lipinski definition) is 10. The fraction of sp³-hybridized carbons (Fsp3) is 0.440. The van der Waals surface area contributed by atoms with Crippen molar-refractivity contribution >= 4 is 41.7 Å². The van der Waals surface area contributed by atoms with Crippen molar-refractivity contribution in [3.63, 3.8) is 0 Å². The van der Waals surface area contributed by atoms with E-state index in [1.54, 1.807) is 31.0 Å². The Morgan fingerprint density at radius 1 is 1.16 bits per heavy atom. The number of benzene rings is 1. The Hall–Kier alpha value is -4.26. The number of anilines is 1. The number of carbonyl (C=O) groups is 4. The van der Waals surface area contributed by atoms with Crippen LogP contribution in [-0.4, -0.2) is 79.2 Å². The predicted molar refractivity (Wildman–Crippen MR) is 138 cm³/mol. The van der Waals surface area contributed by atoms with E-state index in [0.717, 1.165) is 11.3 Å². The number of fused-ring (bicyclic) bond motifs is 1. The summed E-state index contributed by atoms with van der Waals surface area (Å²) in [7, 11) is 0. The molecule has 3 rings (SSSR count). The lowest BCUT2D eigenvalue weighted by molar-refractivity contribution is -0.154. The average molecular weight is 529 g/mol. The summed E-state index contributed by atoms with van der Waals surface area (Å²) in [6.45, 7) is 6.82. The Morgan fingerprint density at radius 3 is 2.61 bits per heavy atom. The summed E-state index contributed by atoms with van der Waals surface area (Å²) in [6, 6.07) is 4.86. The van der Waals surface area contributed by atoms with E-state index < -0.39 is 31.4 Å². The minimum atomic E-state index is -0.970. The number of aliphatic hydroxyl groups excluding tert-OH is 1. The molecule has 0 bridgehead atoms. The third kappa shape index (κ3) is 6.17. The molecule has 0 aliphatic carbocycles. The molecule has 204 valence electrons. The molecule has 0 saturated heterocycles. The maximum absolute atomic E-state index is 13.4. The van der Waals surface area contributed by atoms with Crippen molar-refractivity contribution in [1.29, 1.82) is 0 Å². The molecule has 2 heterocycles. The highest BCUT2D eigenvalue weighted by Crippen LogP contribution is 2.34. The smallest absolute Gasteiger partial charge is 0.423 e. The lowest BCUT2D eigenvalue weighted by Gasteiger charge is -2.30. The molecule has 38 heavy (non-hydrogen) atoms. The number of aliphatic hydroxyl groups is 1. The van der Waals surface area contributed by atoms with Crippen LogP contribution in [0.3, 0.4) is 0 Å². The summed E-state index contributed by atoms with van der Waals surface area (Å²) >= 11 is 0. The molecular weight excluding hydrogens is 496 g/mol. The zero-order valence-electron chi connectivity index (χ0n) is 21.8. The Kier molecular flexibility index (Phi) is 9.55. The highest BCUT2D eigenvalue weighted by Gasteiger charge is 2.41. The molecule has 2 aliphatic rings. The van der Waals surface area contributed by atoms with Crippen LogP contribution in [0.2, 0.25) is 0 Å². The quantitative estimate of drug-likeness (QED) is 0.319. The first-order valence-corrected chi connectivity index (χ1v) is 12.2. The average Bonchev–Trinajstić information content (AvgIpc) is 3.25. The van der Waals surface area contributed by atoms with Crippen molar-refractivity contribution < 1.29 is 33.8 Å². The number of aliphatic imine (C=N–C) groups is 1. The maximum Gasteiger partial charge on any atom is 0.423 e. The van der Waals surface area contributed by atoms with E-state index in [1.165, 1.54) is 12.4 Å². The highest BCUT2D eigenvalue weighted by molar-refractivity contribution is 6.24. The van der Waals surface area contributed by atoms with Gasteiger partial charge in [-0.25, -0.2) is 19.5 Å². The van der Waals surface area contributed by atoms with Crippen molar-refractivity contribution in [2.24, 2.45) is 16.0 Å². The third-order valence-corrected chi connectivity index (χ3v) is 5.93. The van der Waals surface area contributed by atoms with Gasteiger partial charge in [0.2, 0.25) is 12.7 Å². The van der Waals surface area contributed by atoms with Gasteiger partial charge in [0, 0.05) is 18.7 Å². The minimum absolute atomic E-state index is 0.122. The van der Waals surface area contributed by atoms with Crippen LogP contribution < -0.4 is 15.5 Å². The number of amides is 3. The topological polar surface area (TPSA) is 162 Å². The van der Waals surface area contributed by atoms with E-state index in [4.69, 9.17) is 14.6 Å². The molecule has 0 aromatic heterocycles. The van der Waals surface area contributed by atoms with Crippen LogP contribution in [0.5, 0.6) is 0 Å². The van der Waals surface area contributed by atoms with Crippen LogP contribution >= 0.6 is 0 Å². The van der Waals surface area contributed by atoms with Crippen LogP contribution in [0.25, 0.3) is 0 Å². The van der Waals surface area contributed by atoms with E-state index in [2.05, 4.69) is 20.7 Å². The number of aryl methyl sites for hydroxylation is 1. The first-order valence-electron chi connectivity index (χ1n) is 12.2. The van der Waals surface area contributed by atoms with Gasteiger partial charge < -0.3 is 25.2 Å². The summed E-state index contributed by atoms with van der Waals surface area (Å²) in [5, 5.41) is 20.3. The van der Waals surface area contributed by atoms with Crippen molar-refractivity contribution in [2.45, 2.75) is 34.1 Å². The molecule has 1 unspecified atom stereocenters. The number of hydrazone groups is 1. The van der Waals surface area contributed by atoms with Gasteiger partial charge in [-0.3, -0.25) is 14.6 Å². The largest absolute Gasteiger partial charge is 0.426 e. The standard InChI is InChI=1S/C25H32N6O7/c1-5-9-27-23(34)17-8-7-15(3)19(10-17)31(25(36)38-14-37-20(33)12-32)22-21-16(4)18(24(35)26-6-2)11-30(21)29-13-28-22/h7-8,10,13,18,32H,5-6,9,11-12,14H2,1-4H3,(H,26,35)(H,27,34). The summed E-state index contributed by atoms with van der Waals surface area (Å²) in [6.07, 6.45) is 1.05. The lowest BCUT2D eigenvalue weighted by Crippen LogP contribution is -2.43. The molecule has 0 fully saturated rings. The molecular formula is C25H32N6O7. The van der Waals surface area contributed by atoms with Crippen LogP contribution in [0, 0.1) is 12.8 Å². The third-order valence-electron chi connectivity index (χ3n) is 5.93. The Labute approximate surface area is 220 Å². The molecule has 3 amide bonds. The second kappa shape index (κ2) is 12.8. The van der Waals surface area contributed by atoms with Gasteiger partial charge >= 0.3 is 12.1 Å². The molecule has 13 heteroatoms. The number of ether oxygens (including phenoxy) is 2. The number of hydrogen-bond donors (Lipinski definition) is 3. The summed E-state index contributed by atoms with van der Waals surface area (Å²) in [5.41, 5.74) is 2.31. The molecule has 0 radical (unpaired) electrons. The van der Waals surface area contributed by atoms with Gasteiger partial charge in [-0.15, -0.1) is 0 Å². The molecule has 0 spiro atoms. The highest BCUT2D eigenvalue weighted by atomic mass is 16.7. The second-order valence-electron chi connectivity index (χ2n) is 8.54. The first kappa shape index (κ1) is 28.3.